The van der Waals surface area contributed by atoms with Gasteiger partial charge in [-0.2, -0.15) is 0 Å². The summed E-state index contributed by atoms with van der Waals surface area (Å²) in [6.07, 6.45) is 0.729. The molecule has 6 nitrogen and oxygen atoms in total. The lowest BCUT2D eigenvalue weighted by Crippen LogP contribution is -2.27. The molecular formula is C27H27N3O3S. The SMILES string of the molecule is COCCNC(=O)c1ccc2c(=O)n(CCc3ccccc3)c(SCc3ccccc3)nc2c1. The van der Waals surface area contributed by atoms with Crippen LogP contribution in [-0.4, -0.2) is 35.7 Å². The van der Waals surface area contributed by atoms with Crippen LogP contribution in [0.1, 0.15) is 21.5 Å². The Morgan fingerprint density at radius 2 is 1.71 bits per heavy atom. The third kappa shape index (κ3) is 5.92. The monoisotopic (exact) mass is 473 g/mol. The topological polar surface area (TPSA) is 73.2 Å². The van der Waals surface area contributed by atoms with Crippen molar-refractivity contribution in [2.45, 2.75) is 23.9 Å². The van der Waals surface area contributed by atoms with Crippen molar-refractivity contribution in [1.82, 2.24) is 14.9 Å². The molecule has 0 bridgehead atoms. The minimum absolute atomic E-state index is 0.0946. The van der Waals surface area contributed by atoms with Gasteiger partial charge >= 0.3 is 0 Å². The van der Waals surface area contributed by atoms with Gasteiger partial charge in [0.05, 0.1) is 17.5 Å². The lowest BCUT2D eigenvalue weighted by atomic mass is 10.1. The van der Waals surface area contributed by atoms with Gasteiger partial charge < -0.3 is 10.1 Å². The second-order valence-corrected chi connectivity index (χ2v) is 8.78. The van der Waals surface area contributed by atoms with E-state index in [2.05, 4.69) is 29.6 Å². The quantitative estimate of drug-likeness (QED) is 0.211. The second-order valence-electron chi connectivity index (χ2n) is 7.84. The molecule has 0 aliphatic heterocycles. The highest BCUT2D eigenvalue weighted by atomic mass is 32.2. The van der Waals surface area contributed by atoms with E-state index in [9.17, 15) is 9.59 Å². The first kappa shape index (κ1) is 23.7. The summed E-state index contributed by atoms with van der Waals surface area (Å²) < 4.78 is 6.74. The fraction of sp³-hybridized carbons (Fsp3) is 0.222. The van der Waals surface area contributed by atoms with E-state index in [4.69, 9.17) is 9.72 Å². The third-order valence-corrected chi connectivity index (χ3v) is 6.50. The summed E-state index contributed by atoms with van der Waals surface area (Å²) in [4.78, 5) is 30.8. The van der Waals surface area contributed by atoms with E-state index < -0.39 is 0 Å². The molecule has 1 amide bonds. The van der Waals surface area contributed by atoms with Gasteiger partial charge in [0, 0.05) is 31.5 Å². The molecule has 0 atom stereocenters. The molecule has 7 heteroatoms. The first-order valence-electron chi connectivity index (χ1n) is 11.2. The van der Waals surface area contributed by atoms with Crippen LogP contribution in [0.5, 0.6) is 0 Å². The van der Waals surface area contributed by atoms with Crippen LogP contribution in [0.2, 0.25) is 0 Å². The van der Waals surface area contributed by atoms with Crippen LogP contribution in [0.25, 0.3) is 10.9 Å². The first-order valence-corrected chi connectivity index (χ1v) is 12.2. The number of carbonyl (C=O) groups excluding carboxylic acids is 1. The Labute approximate surface area is 203 Å². The molecule has 34 heavy (non-hydrogen) atoms. The van der Waals surface area contributed by atoms with Crippen molar-refractivity contribution in [1.29, 1.82) is 0 Å². The van der Waals surface area contributed by atoms with Gasteiger partial charge in [0.1, 0.15) is 0 Å². The van der Waals surface area contributed by atoms with E-state index >= 15 is 0 Å². The molecule has 0 radical (unpaired) electrons. The van der Waals surface area contributed by atoms with Crippen LogP contribution in [0.15, 0.2) is 88.8 Å². The predicted octanol–water partition coefficient (Wildman–Crippen LogP) is 4.31. The van der Waals surface area contributed by atoms with Crippen LogP contribution in [-0.2, 0) is 23.5 Å². The van der Waals surface area contributed by atoms with E-state index in [1.165, 1.54) is 11.8 Å². The number of rotatable bonds is 10. The number of aryl methyl sites for hydroxylation is 1. The fourth-order valence-electron chi connectivity index (χ4n) is 3.63. The Kier molecular flexibility index (Phi) is 8.12. The Balaban J connectivity index is 1.67. The fourth-order valence-corrected chi connectivity index (χ4v) is 4.61. The molecule has 1 aromatic heterocycles. The van der Waals surface area contributed by atoms with Crippen LogP contribution < -0.4 is 10.9 Å². The third-order valence-electron chi connectivity index (χ3n) is 5.45. The van der Waals surface area contributed by atoms with Crippen LogP contribution in [0, 0.1) is 0 Å². The van der Waals surface area contributed by atoms with E-state index in [1.54, 1.807) is 29.9 Å². The van der Waals surface area contributed by atoms with Gasteiger partial charge in [0.25, 0.3) is 11.5 Å². The van der Waals surface area contributed by atoms with Crippen LogP contribution in [0.3, 0.4) is 0 Å². The summed E-state index contributed by atoms with van der Waals surface area (Å²) in [5.41, 5.74) is 3.22. The largest absolute Gasteiger partial charge is 0.383 e. The van der Waals surface area contributed by atoms with Gasteiger partial charge in [-0.25, -0.2) is 4.98 Å². The van der Waals surface area contributed by atoms with Crippen molar-refractivity contribution >= 4 is 28.6 Å². The first-order chi connectivity index (χ1) is 16.7. The van der Waals surface area contributed by atoms with Gasteiger partial charge in [-0.1, -0.05) is 72.4 Å². The molecule has 1 heterocycles. The van der Waals surface area contributed by atoms with Crippen molar-refractivity contribution in [2.24, 2.45) is 0 Å². The van der Waals surface area contributed by atoms with E-state index in [0.29, 0.717) is 47.1 Å². The standard InChI is InChI=1S/C27H27N3O3S/c1-33-17-15-28-25(31)22-12-13-23-24(18-22)29-27(34-19-21-10-6-3-7-11-21)30(26(23)32)16-14-20-8-4-2-5-9-20/h2-13,18H,14-17,19H2,1H3,(H,28,31). The Morgan fingerprint density at radius 1 is 1.00 bits per heavy atom. The maximum atomic E-state index is 13.5. The molecule has 1 N–H and O–H groups in total. The van der Waals surface area contributed by atoms with Crippen molar-refractivity contribution in [3.8, 4) is 0 Å². The summed E-state index contributed by atoms with van der Waals surface area (Å²) >= 11 is 1.53. The molecule has 0 saturated heterocycles. The number of nitrogens with zero attached hydrogens (tertiary/aromatic N) is 2. The molecule has 4 aromatic rings. The molecule has 4 rings (SSSR count). The maximum absolute atomic E-state index is 13.5. The van der Waals surface area contributed by atoms with Gasteiger partial charge in [-0.3, -0.25) is 14.2 Å². The summed E-state index contributed by atoms with van der Waals surface area (Å²) in [7, 11) is 1.59. The summed E-state index contributed by atoms with van der Waals surface area (Å²) in [6.45, 7) is 1.38. The number of hydrogen-bond acceptors (Lipinski definition) is 5. The number of fused-ring (bicyclic) bond motifs is 1. The smallest absolute Gasteiger partial charge is 0.262 e. The number of ether oxygens (including phenoxy) is 1. The Morgan fingerprint density at radius 3 is 2.41 bits per heavy atom. The van der Waals surface area contributed by atoms with Crippen molar-refractivity contribution in [3.63, 3.8) is 0 Å². The highest BCUT2D eigenvalue weighted by Gasteiger charge is 2.14. The number of benzene rings is 3. The van der Waals surface area contributed by atoms with Crippen molar-refractivity contribution in [3.05, 3.63) is 106 Å². The lowest BCUT2D eigenvalue weighted by molar-refractivity contribution is 0.0937. The predicted molar refractivity (Wildman–Crippen MR) is 136 cm³/mol. The van der Waals surface area contributed by atoms with E-state index in [-0.39, 0.29) is 11.5 Å². The highest BCUT2D eigenvalue weighted by molar-refractivity contribution is 7.98. The summed E-state index contributed by atoms with van der Waals surface area (Å²) in [6, 6.07) is 25.3. The molecule has 174 valence electrons. The molecular weight excluding hydrogens is 446 g/mol. The van der Waals surface area contributed by atoms with Gasteiger partial charge in [-0.05, 0) is 35.7 Å². The molecule has 0 unspecified atom stereocenters. The molecule has 0 aliphatic carbocycles. The zero-order valence-electron chi connectivity index (χ0n) is 19.1. The minimum Gasteiger partial charge on any atom is -0.383 e. The molecule has 0 aliphatic rings. The molecule has 3 aromatic carbocycles. The summed E-state index contributed by atoms with van der Waals surface area (Å²) in [5, 5.41) is 3.96. The number of aromatic nitrogens is 2. The van der Waals surface area contributed by atoms with Gasteiger partial charge in [0.15, 0.2) is 5.16 Å². The summed E-state index contributed by atoms with van der Waals surface area (Å²) in [5.74, 6) is 0.480. The number of hydrogen-bond donors (Lipinski definition) is 1. The zero-order valence-corrected chi connectivity index (χ0v) is 19.9. The molecule has 0 fully saturated rings. The maximum Gasteiger partial charge on any atom is 0.262 e. The van der Waals surface area contributed by atoms with Crippen molar-refractivity contribution < 1.29 is 9.53 Å². The minimum atomic E-state index is -0.215. The average molecular weight is 474 g/mol. The number of amides is 1. The highest BCUT2D eigenvalue weighted by Crippen LogP contribution is 2.23. The number of carbonyl (C=O) groups is 1. The Bertz CT molecular complexity index is 1310. The Hall–Kier alpha value is -3.42. The molecule has 0 saturated carbocycles. The van der Waals surface area contributed by atoms with Gasteiger partial charge in [-0.15, -0.1) is 0 Å². The second kappa shape index (κ2) is 11.6. The van der Waals surface area contributed by atoms with E-state index in [0.717, 1.165) is 17.5 Å². The average Bonchev–Trinajstić information content (AvgIpc) is 2.88. The van der Waals surface area contributed by atoms with Gasteiger partial charge in [0.2, 0.25) is 0 Å². The van der Waals surface area contributed by atoms with Crippen LogP contribution >= 0.6 is 11.8 Å². The molecule has 0 spiro atoms. The zero-order chi connectivity index (χ0) is 23.8. The van der Waals surface area contributed by atoms with Crippen LogP contribution in [0.4, 0.5) is 0 Å². The lowest BCUT2D eigenvalue weighted by Gasteiger charge is -2.14. The number of nitrogens with one attached hydrogen (secondary N) is 1. The van der Waals surface area contributed by atoms with E-state index in [1.807, 2.05) is 36.4 Å². The number of methoxy groups -OCH3 is 1. The normalized spacial score (nSPS) is 11.0. The number of thioether (sulfide) groups is 1. The van der Waals surface area contributed by atoms with Crippen molar-refractivity contribution in [2.75, 3.05) is 20.3 Å².